The molecule has 0 spiro atoms. The molecule has 0 aromatic heterocycles. The lowest BCUT2D eigenvalue weighted by Gasteiger charge is -2.06. The monoisotopic (exact) mass is 309 g/mol. The topological polar surface area (TPSA) is 49.7 Å². The highest BCUT2D eigenvalue weighted by molar-refractivity contribution is 6.30. The summed E-state index contributed by atoms with van der Waals surface area (Å²) in [7, 11) is 0. The smallest absolute Gasteiger partial charge is 0.336 e. The summed E-state index contributed by atoms with van der Waals surface area (Å²) in [6.07, 6.45) is 1.67. The first-order valence-electron chi connectivity index (χ1n) is 6.70. The summed E-state index contributed by atoms with van der Waals surface area (Å²) in [5.74, 6) is -0.950. The number of halogens is 1. The zero-order chi connectivity index (χ0) is 15.5. The van der Waals surface area contributed by atoms with Crippen LogP contribution in [0.2, 0.25) is 5.02 Å². The minimum atomic E-state index is -0.950. The molecular formula is C18H12ClNO2. The number of nitrogens with zero attached hydrogens (tertiary/aromatic N) is 1. The molecule has 0 heterocycles. The number of rotatable bonds is 3. The van der Waals surface area contributed by atoms with E-state index in [-0.39, 0.29) is 5.56 Å². The van der Waals surface area contributed by atoms with Gasteiger partial charge in [-0.25, -0.2) is 4.79 Å². The summed E-state index contributed by atoms with van der Waals surface area (Å²) < 4.78 is 0. The number of fused-ring (bicyclic) bond motifs is 1. The van der Waals surface area contributed by atoms with Crippen LogP contribution in [0, 0.1) is 0 Å². The third-order valence-corrected chi connectivity index (χ3v) is 3.56. The largest absolute Gasteiger partial charge is 0.478 e. The van der Waals surface area contributed by atoms with Gasteiger partial charge in [-0.2, -0.15) is 0 Å². The van der Waals surface area contributed by atoms with Crippen molar-refractivity contribution in [2.24, 2.45) is 4.99 Å². The van der Waals surface area contributed by atoms with E-state index in [1.165, 1.54) is 0 Å². The highest BCUT2D eigenvalue weighted by Crippen LogP contribution is 2.23. The maximum absolute atomic E-state index is 11.4. The Balaban J connectivity index is 2.13. The minimum Gasteiger partial charge on any atom is -0.478 e. The number of carboxylic acids is 1. The Labute approximate surface area is 132 Å². The van der Waals surface area contributed by atoms with Crippen LogP contribution in [0.25, 0.3) is 10.8 Å². The fourth-order valence-electron chi connectivity index (χ4n) is 2.36. The van der Waals surface area contributed by atoms with Gasteiger partial charge in [0.05, 0.1) is 11.3 Å². The van der Waals surface area contributed by atoms with Crippen LogP contribution < -0.4 is 0 Å². The van der Waals surface area contributed by atoms with Crippen LogP contribution in [-0.2, 0) is 0 Å². The van der Waals surface area contributed by atoms with Gasteiger partial charge in [0.15, 0.2) is 0 Å². The predicted octanol–water partition coefficient (Wildman–Crippen LogP) is 4.94. The molecule has 0 aliphatic carbocycles. The number of hydrogen-bond acceptors (Lipinski definition) is 2. The number of aromatic carboxylic acids is 1. The summed E-state index contributed by atoms with van der Waals surface area (Å²) in [6, 6.07) is 18.0. The summed E-state index contributed by atoms with van der Waals surface area (Å²) in [6.45, 7) is 0. The Hall–Kier alpha value is -2.65. The maximum Gasteiger partial charge on any atom is 0.336 e. The highest BCUT2D eigenvalue weighted by atomic mass is 35.5. The van der Waals surface area contributed by atoms with Gasteiger partial charge >= 0.3 is 5.97 Å². The van der Waals surface area contributed by atoms with Gasteiger partial charge in [-0.15, -0.1) is 0 Å². The highest BCUT2D eigenvalue weighted by Gasteiger charge is 2.10. The Bertz CT molecular complexity index is 882. The number of carbonyl (C=O) groups is 1. The molecule has 3 aromatic carbocycles. The molecule has 108 valence electrons. The molecule has 3 aromatic rings. The molecule has 1 N–H and O–H groups in total. The molecule has 0 aliphatic heterocycles. The fourth-order valence-corrected chi connectivity index (χ4v) is 2.54. The van der Waals surface area contributed by atoms with Gasteiger partial charge in [0, 0.05) is 22.2 Å². The predicted molar refractivity (Wildman–Crippen MR) is 89.6 cm³/mol. The molecule has 3 nitrogen and oxygen atoms in total. The van der Waals surface area contributed by atoms with Crippen LogP contribution in [0.4, 0.5) is 5.69 Å². The van der Waals surface area contributed by atoms with Crippen LogP contribution in [0.5, 0.6) is 0 Å². The first-order valence-corrected chi connectivity index (χ1v) is 7.07. The van der Waals surface area contributed by atoms with Crippen molar-refractivity contribution in [3.8, 4) is 0 Å². The van der Waals surface area contributed by atoms with Gasteiger partial charge < -0.3 is 5.11 Å². The van der Waals surface area contributed by atoms with Crippen LogP contribution in [-0.4, -0.2) is 17.3 Å². The second-order valence-electron chi connectivity index (χ2n) is 4.79. The average Bonchev–Trinajstić information content (AvgIpc) is 2.52. The second kappa shape index (κ2) is 6.00. The van der Waals surface area contributed by atoms with Gasteiger partial charge in [0.25, 0.3) is 0 Å². The summed E-state index contributed by atoms with van der Waals surface area (Å²) >= 11 is 5.94. The van der Waals surface area contributed by atoms with Gasteiger partial charge in [-0.05, 0) is 29.7 Å². The quantitative estimate of drug-likeness (QED) is 0.696. The van der Waals surface area contributed by atoms with Gasteiger partial charge in [0.2, 0.25) is 0 Å². The molecule has 0 bridgehead atoms. The molecule has 0 atom stereocenters. The molecule has 0 aliphatic rings. The summed E-state index contributed by atoms with van der Waals surface area (Å²) in [5.41, 5.74) is 1.75. The lowest BCUT2D eigenvalue weighted by molar-refractivity contribution is 0.0699. The van der Waals surface area contributed by atoms with E-state index in [9.17, 15) is 9.90 Å². The van der Waals surface area contributed by atoms with Crippen LogP contribution in [0.3, 0.4) is 0 Å². The molecule has 3 rings (SSSR count). The van der Waals surface area contributed by atoms with Crippen molar-refractivity contribution in [1.29, 1.82) is 0 Å². The fraction of sp³-hybridized carbons (Fsp3) is 0. The first-order chi connectivity index (χ1) is 10.6. The maximum atomic E-state index is 11.4. The molecule has 0 unspecified atom stereocenters. The third kappa shape index (κ3) is 2.85. The van der Waals surface area contributed by atoms with Crippen molar-refractivity contribution in [3.63, 3.8) is 0 Å². The van der Waals surface area contributed by atoms with Gasteiger partial charge in [0.1, 0.15) is 0 Å². The lowest BCUT2D eigenvalue weighted by Crippen LogP contribution is -1.99. The Morgan fingerprint density at radius 3 is 2.50 bits per heavy atom. The van der Waals surface area contributed by atoms with Crippen LogP contribution >= 0.6 is 11.6 Å². The summed E-state index contributed by atoms with van der Waals surface area (Å²) in [4.78, 5) is 15.8. The normalized spacial score (nSPS) is 11.1. The standard InChI is InChI=1S/C18H12ClNO2/c19-14-7-3-8-15(10-14)20-11-13-6-1-4-12-5-2-9-16(17(12)13)18(21)22/h1-11H,(H,21,22). The van der Waals surface area contributed by atoms with Crippen molar-refractivity contribution in [3.05, 3.63) is 76.8 Å². The molecule has 0 saturated carbocycles. The zero-order valence-corrected chi connectivity index (χ0v) is 12.3. The SMILES string of the molecule is O=C(O)c1cccc2cccc(C=Nc3cccc(Cl)c3)c12. The zero-order valence-electron chi connectivity index (χ0n) is 11.5. The summed E-state index contributed by atoms with van der Waals surface area (Å²) in [5, 5.41) is 11.5. The Kier molecular flexibility index (Phi) is 3.90. The molecule has 0 radical (unpaired) electrons. The van der Waals surface area contributed by atoms with Gasteiger partial charge in [-0.1, -0.05) is 48.0 Å². The number of hydrogen-bond donors (Lipinski definition) is 1. The third-order valence-electron chi connectivity index (χ3n) is 3.33. The van der Waals surface area contributed by atoms with Crippen molar-refractivity contribution in [2.75, 3.05) is 0 Å². The van der Waals surface area contributed by atoms with E-state index < -0.39 is 5.97 Å². The molecule has 0 saturated heterocycles. The average molecular weight is 310 g/mol. The molecule has 0 amide bonds. The van der Waals surface area contributed by atoms with Crippen molar-refractivity contribution < 1.29 is 9.90 Å². The van der Waals surface area contributed by atoms with E-state index in [4.69, 9.17) is 11.6 Å². The molecule has 22 heavy (non-hydrogen) atoms. The molecule has 4 heteroatoms. The van der Waals surface area contributed by atoms with Crippen molar-refractivity contribution in [2.45, 2.75) is 0 Å². The number of carboxylic acid groups (broad SMARTS) is 1. The van der Waals surface area contributed by atoms with E-state index in [0.29, 0.717) is 10.4 Å². The van der Waals surface area contributed by atoms with E-state index in [1.807, 2.05) is 36.4 Å². The van der Waals surface area contributed by atoms with Crippen molar-refractivity contribution >= 4 is 40.2 Å². The van der Waals surface area contributed by atoms with Crippen LogP contribution in [0.1, 0.15) is 15.9 Å². The molecule has 0 fully saturated rings. The van der Waals surface area contributed by atoms with Gasteiger partial charge in [-0.3, -0.25) is 4.99 Å². The van der Waals surface area contributed by atoms with E-state index in [0.717, 1.165) is 16.6 Å². The number of aliphatic imine (C=N–C) groups is 1. The van der Waals surface area contributed by atoms with E-state index in [1.54, 1.807) is 30.5 Å². The van der Waals surface area contributed by atoms with E-state index >= 15 is 0 Å². The second-order valence-corrected chi connectivity index (χ2v) is 5.23. The first kappa shape index (κ1) is 14.3. The van der Waals surface area contributed by atoms with E-state index in [2.05, 4.69) is 4.99 Å². The number of benzene rings is 3. The lowest BCUT2D eigenvalue weighted by atomic mass is 10.00. The van der Waals surface area contributed by atoms with Crippen LogP contribution in [0.15, 0.2) is 65.7 Å². The Morgan fingerprint density at radius 2 is 1.77 bits per heavy atom. The minimum absolute atomic E-state index is 0.269. The Morgan fingerprint density at radius 1 is 1.05 bits per heavy atom. The molecular weight excluding hydrogens is 298 g/mol. The van der Waals surface area contributed by atoms with Crippen molar-refractivity contribution in [1.82, 2.24) is 0 Å².